The molecule has 0 aromatic heterocycles. The molecule has 0 aromatic carbocycles. The van der Waals surface area contributed by atoms with E-state index < -0.39 is 0 Å². The maximum absolute atomic E-state index is 10.8. The van der Waals surface area contributed by atoms with Crippen LogP contribution < -0.4 is 0 Å². The molecule has 0 aliphatic heterocycles. The van der Waals surface area contributed by atoms with Crippen LogP contribution >= 0.6 is 0 Å². The Bertz CT molecular complexity index is 161. The van der Waals surface area contributed by atoms with Crippen LogP contribution in [0.2, 0.25) is 0 Å². The molecule has 0 N–H and O–H groups in total. The average molecular weight is 154 g/mol. The minimum atomic E-state index is -0.0958. The summed E-state index contributed by atoms with van der Waals surface area (Å²) in [5.41, 5.74) is 0. The molecule has 2 nitrogen and oxygen atoms in total. The van der Waals surface area contributed by atoms with Crippen LogP contribution in [0.15, 0.2) is 12.2 Å². The molecule has 0 unspecified atom stereocenters. The molecule has 1 aliphatic carbocycles. The number of ether oxygens (including phenoxy) is 1. The van der Waals surface area contributed by atoms with Gasteiger partial charge in [-0.1, -0.05) is 13.0 Å². The molecule has 1 rings (SSSR count). The topological polar surface area (TPSA) is 26.3 Å². The van der Waals surface area contributed by atoms with Crippen molar-refractivity contribution < 1.29 is 9.53 Å². The van der Waals surface area contributed by atoms with Crippen molar-refractivity contribution in [3.8, 4) is 0 Å². The zero-order valence-electron chi connectivity index (χ0n) is 6.88. The van der Waals surface area contributed by atoms with Crippen LogP contribution in [0.1, 0.15) is 32.6 Å². The highest BCUT2D eigenvalue weighted by Gasteiger charge is 2.11. The molecule has 1 atom stereocenters. The third-order valence-corrected chi connectivity index (χ3v) is 1.78. The Morgan fingerprint density at radius 2 is 2.55 bits per heavy atom. The zero-order chi connectivity index (χ0) is 8.10. The Morgan fingerprint density at radius 3 is 3.09 bits per heavy atom. The van der Waals surface area contributed by atoms with Crippen LogP contribution in [-0.2, 0) is 9.53 Å². The van der Waals surface area contributed by atoms with E-state index in [4.69, 9.17) is 4.74 Å². The highest BCUT2D eigenvalue weighted by Crippen LogP contribution is 2.13. The lowest BCUT2D eigenvalue weighted by molar-refractivity contribution is -0.146. The molecule has 0 spiro atoms. The van der Waals surface area contributed by atoms with Crippen molar-refractivity contribution >= 4 is 5.97 Å². The van der Waals surface area contributed by atoms with Crippen molar-refractivity contribution in [1.29, 1.82) is 0 Å². The minimum Gasteiger partial charge on any atom is -0.458 e. The Labute approximate surface area is 67.2 Å². The van der Waals surface area contributed by atoms with Crippen LogP contribution in [-0.4, -0.2) is 12.1 Å². The number of carbonyl (C=O) groups excluding carboxylic acids is 1. The van der Waals surface area contributed by atoms with Gasteiger partial charge in [0.2, 0.25) is 0 Å². The molecule has 1 aliphatic rings. The maximum Gasteiger partial charge on any atom is 0.306 e. The zero-order valence-corrected chi connectivity index (χ0v) is 6.88. The van der Waals surface area contributed by atoms with E-state index in [1.54, 1.807) is 0 Å². The van der Waals surface area contributed by atoms with Crippen molar-refractivity contribution in [2.75, 3.05) is 0 Å². The third-order valence-electron chi connectivity index (χ3n) is 1.78. The van der Waals surface area contributed by atoms with Crippen LogP contribution in [0.25, 0.3) is 0 Å². The van der Waals surface area contributed by atoms with Gasteiger partial charge in [-0.25, -0.2) is 0 Å². The van der Waals surface area contributed by atoms with E-state index in [9.17, 15) is 4.79 Å². The van der Waals surface area contributed by atoms with Gasteiger partial charge in [0.05, 0.1) is 0 Å². The second kappa shape index (κ2) is 4.16. The number of carbonyl (C=O) groups is 1. The second-order valence-electron chi connectivity index (χ2n) is 2.74. The molecule has 0 bridgehead atoms. The van der Waals surface area contributed by atoms with E-state index >= 15 is 0 Å². The summed E-state index contributed by atoms with van der Waals surface area (Å²) in [5, 5.41) is 0. The van der Waals surface area contributed by atoms with Crippen molar-refractivity contribution in [3.05, 3.63) is 12.2 Å². The first-order valence-corrected chi connectivity index (χ1v) is 4.19. The van der Waals surface area contributed by atoms with Crippen LogP contribution in [0.3, 0.4) is 0 Å². The van der Waals surface area contributed by atoms with Gasteiger partial charge in [-0.15, -0.1) is 0 Å². The van der Waals surface area contributed by atoms with Crippen LogP contribution in [0.4, 0.5) is 0 Å². The molecule has 11 heavy (non-hydrogen) atoms. The number of hydrogen-bond donors (Lipinski definition) is 0. The smallest absolute Gasteiger partial charge is 0.306 e. The van der Waals surface area contributed by atoms with Crippen molar-refractivity contribution in [2.45, 2.75) is 38.7 Å². The van der Waals surface area contributed by atoms with Crippen molar-refractivity contribution in [1.82, 2.24) is 0 Å². The van der Waals surface area contributed by atoms with Gasteiger partial charge in [0.1, 0.15) is 6.10 Å². The lowest BCUT2D eigenvalue weighted by Gasteiger charge is -2.16. The molecule has 2 heteroatoms. The van der Waals surface area contributed by atoms with E-state index in [1.165, 1.54) is 0 Å². The van der Waals surface area contributed by atoms with Gasteiger partial charge in [0.25, 0.3) is 0 Å². The minimum absolute atomic E-state index is 0.0520. The van der Waals surface area contributed by atoms with E-state index in [-0.39, 0.29) is 12.1 Å². The molecule has 0 amide bonds. The summed E-state index contributed by atoms with van der Waals surface area (Å²) in [6.07, 6.45) is 7.84. The first-order chi connectivity index (χ1) is 5.33. The quantitative estimate of drug-likeness (QED) is 0.449. The van der Waals surface area contributed by atoms with Gasteiger partial charge >= 0.3 is 5.97 Å². The number of rotatable bonds is 2. The molecule has 0 saturated carbocycles. The van der Waals surface area contributed by atoms with Gasteiger partial charge in [-0.3, -0.25) is 4.79 Å². The predicted octanol–water partition coefficient (Wildman–Crippen LogP) is 2.05. The van der Waals surface area contributed by atoms with Crippen LogP contribution in [0.5, 0.6) is 0 Å². The molecule has 0 aromatic rings. The van der Waals surface area contributed by atoms with E-state index in [1.807, 2.05) is 13.0 Å². The summed E-state index contributed by atoms with van der Waals surface area (Å²) in [6.45, 7) is 1.81. The normalized spacial score (nSPS) is 23.2. The summed E-state index contributed by atoms with van der Waals surface area (Å²) in [5.74, 6) is -0.0958. The molecule has 0 radical (unpaired) electrons. The lowest BCUT2D eigenvalue weighted by Crippen LogP contribution is -2.16. The largest absolute Gasteiger partial charge is 0.458 e. The first kappa shape index (κ1) is 8.31. The first-order valence-electron chi connectivity index (χ1n) is 4.19. The fourth-order valence-corrected chi connectivity index (χ4v) is 1.13. The lowest BCUT2D eigenvalue weighted by atomic mass is 10.1. The summed E-state index contributed by atoms with van der Waals surface area (Å²) < 4.78 is 5.11. The maximum atomic E-state index is 10.8. The van der Waals surface area contributed by atoms with Crippen molar-refractivity contribution in [3.63, 3.8) is 0 Å². The van der Waals surface area contributed by atoms with Gasteiger partial charge in [0, 0.05) is 6.42 Å². The SMILES string of the molecule is CCC(=O)O[C@@H]1C=CCCC1. The van der Waals surface area contributed by atoms with E-state index in [0.717, 1.165) is 19.3 Å². The van der Waals surface area contributed by atoms with Crippen molar-refractivity contribution in [2.24, 2.45) is 0 Å². The fourth-order valence-electron chi connectivity index (χ4n) is 1.13. The van der Waals surface area contributed by atoms with E-state index in [0.29, 0.717) is 6.42 Å². The predicted molar refractivity (Wildman–Crippen MR) is 43.2 cm³/mol. The molecular formula is C9H14O2. The second-order valence-corrected chi connectivity index (χ2v) is 2.74. The van der Waals surface area contributed by atoms with Gasteiger partial charge in [0.15, 0.2) is 0 Å². The molecule has 0 saturated heterocycles. The Hall–Kier alpha value is -0.790. The number of esters is 1. The molecular weight excluding hydrogens is 140 g/mol. The highest BCUT2D eigenvalue weighted by molar-refractivity contribution is 5.69. The Morgan fingerprint density at radius 1 is 1.73 bits per heavy atom. The molecule has 0 fully saturated rings. The number of hydrogen-bond acceptors (Lipinski definition) is 2. The fraction of sp³-hybridized carbons (Fsp3) is 0.667. The van der Waals surface area contributed by atoms with Gasteiger partial charge in [-0.2, -0.15) is 0 Å². The summed E-state index contributed by atoms with van der Waals surface area (Å²) in [7, 11) is 0. The van der Waals surface area contributed by atoms with Gasteiger partial charge in [-0.05, 0) is 25.3 Å². The van der Waals surface area contributed by atoms with Gasteiger partial charge < -0.3 is 4.74 Å². The van der Waals surface area contributed by atoms with Crippen LogP contribution in [0, 0.1) is 0 Å². The summed E-state index contributed by atoms with van der Waals surface area (Å²) in [6, 6.07) is 0. The standard InChI is InChI=1S/C9H14O2/c1-2-9(10)11-8-6-4-3-5-7-8/h4,6,8H,2-3,5,7H2,1H3/t8-/m1/s1. The molecule has 0 heterocycles. The summed E-state index contributed by atoms with van der Waals surface area (Å²) >= 11 is 0. The molecule has 62 valence electrons. The highest BCUT2D eigenvalue weighted by atomic mass is 16.5. The average Bonchev–Trinajstić information content (AvgIpc) is 2.06. The van der Waals surface area contributed by atoms with E-state index in [2.05, 4.69) is 6.08 Å². The number of allylic oxidation sites excluding steroid dienone is 1. The third kappa shape index (κ3) is 2.74. The monoisotopic (exact) mass is 154 g/mol. The Kier molecular flexibility index (Phi) is 3.14. The summed E-state index contributed by atoms with van der Waals surface area (Å²) in [4.78, 5) is 10.8. The Balaban J connectivity index is 2.30.